The van der Waals surface area contributed by atoms with Crippen LogP contribution in [-0.2, 0) is 11.2 Å². The lowest BCUT2D eigenvalue weighted by Gasteiger charge is -2.05. The first kappa shape index (κ1) is 13.7. The fourth-order valence-corrected chi connectivity index (χ4v) is 2.16. The van der Waals surface area contributed by atoms with E-state index in [-0.39, 0.29) is 12.7 Å². The van der Waals surface area contributed by atoms with Crippen molar-refractivity contribution in [2.24, 2.45) is 0 Å². The van der Waals surface area contributed by atoms with Crippen molar-refractivity contribution >= 4 is 17.3 Å². The van der Waals surface area contributed by atoms with Crippen LogP contribution in [0.5, 0.6) is 0 Å². The zero-order valence-electron chi connectivity index (χ0n) is 10.5. The Morgan fingerprint density at radius 2 is 2.16 bits per heavy atom. The molecule has 0 unspecified atom stereocenters. The van der Waals surface area contributed by atoms with E-state index in [0.717, 1.165) is 19.4 Å². The summed E-state index contributed by atoms with van der Waals surface area (Å²) in [5, 5.41) is 4.76. The summed E-state index contributed by atoms with van der Waals surface area (Å²) >= 11 is 1.38. The number of aryl methyl sites for hydroxylation is 1. The number of benzene rings is 1. The van der Waals surface area contributed by atoms with Crippen LogP contribution in [0.15, 0.2) is 41.2 Å². The fraction of sp³-hybridized carbons (Fsp3) is 0.286. The van der Waals surface area contributed by atoms with Crippen molar-refractivity contribution in [2.75, 3.05) is 13.3 Å². The zero-order valence-corrected chi connectivity index (χ0v) is 11.4. The molecule has 2 aromatic rings. The molecule has 0 saturated carbocycles. The van der Waals surface area contributed by atoms with Crippen LogP contribution < -0.4 is 5.32 Å². The molecule has 0 saturated heterocycles. The quantitative estimate of drug-likeness (QED) is 0.479. The summed E-state index contributed by atoms with van der Waals surface area (Å²) in [6.45, 7) is 1.05. The Hall–Kier alpha value is -1.72. The lowest BCUT2D eigenvalue weighted by molar-refractivity contribution is 0.0466. The van der Waals surface area contributed by atoms with E-state index in [1.807, 2.05) is 18.2 Å². The maximum absolute atomic E-state index is 11.4. The number of rotatable bonds is 7. The van der Waals surface area contributed by atoms with Gasteiger partial charge in [0.1, 0.15) is 6.73 Å². The van der Waals surface area contributed by atoms with E-state index in [0.29, 0.717) is 5.69 Å². The molecule has 0 atom stereocenters. The molecule has 19 heavy (non-hydrogen) atoms. The number of thiazole rings is 1. The van der Waals surface area contributed by atoms with Crippen LogP contribution in [0.4, 0.5) is 0 Å². The summed E-state index contributed by atoms with van der Waals surface area (Å²) in [6.07, 6.45) is 2.03. The molecule has 4 nitrogen and oxygen atoms in total. The summed E-state index contributed by atoms with van der Waals surface area (Å²) in [5.41, 5.74) is 3.31. The first-order valence-corrected chi connectivity index (χ1v) is 7.10. The van der Waals surface area contributed by atoms with E-state index < -0.39 is 0 Å². The number of carbonyl (C=O) groups is 1. The second-order valence-electron chi connectivity index (χ2n) is 4.04. The highest BCUT2D eigenvalue weighted by molar-refractivity contribution is 7.07. The number of nitrogens with zero attached hydrogens (tertiary/aromatic N) is 1. The average Bonchev–Trinajstić information content (AvgIpc) is 2.98. The molecule has 100 valence electrons. The Labute approximate surface area is 116 Å². The Kier molecular flexibility index (Phi) is 5.52. The van der Waals surface area contributed by atoms with Crippen molar-refractivity contribution < 1.29 is 9.53 Å². The van der Waals surface area contributed by atoms with Gasteiger partial charge in [0.2, 0.25) is 0 Å². The molecular formula is C14H16N2O2S. The molecule has 1 aromatic carbocycles. The van der Waals surface area contributed by atoms with Crippen LogP contribution in [0.2, 0.25) is 0 Å². The van der Waals surface area contributed by atoms with E-state index >= 15 is 0 Å². The van der Waals surface area contributed by atoms with Crippen molar-refractivity contribution in [3.63, 3.8) is 0 Å². The minimum Gasteiger partial charge on any atom is -0.445 e. The van der Waals surface area contributed by atoms with Crippen LogP contribution in [0.3, 0.4) is 0 Å². The third-order valence-electron chi connectivity index (χ3n) is 2.61. The van der Waals surface area contributed by atoms with E-state index in [1.54, 1.807) is 10.9 Å². The second kappa shape index (κ2) is 7.66. The van der Waals surface area contributed by atoms with Gasteiger partial charge in [0, 0.05) is 5.38 Å². The van der Waals surface area contributed by atoms with Crippen molar-refractivity contribution in [3.05, 3.63) is 52.5 Å². The standard InChI is InChI=1S/C14H16N2O2S/c17-14(13-9-19-11-16-13)18-10-15-8-4-7-12-5-2-1-3-6-12/h1-3,5-6,9,11,15H,4,7-8,10H2. The first-order valence-electron chi connectivity index (χ1n) is 6.16. The van der Waals surface area contributed by atoms with Gasteiger partial charge in [-0.05, 0) is 24.9 Å². The number of aromatic nitrogens is 1. The Morgan fingerprint density at radius 1 is 1.32 bits per heavy atom. The van der Waals surface area contributed by atoms with Gasteiger partial charge >= 0.3 is 5.97 Å². The topological polar surface area (TPSA) is 51.2 Å². The van der Waals surface area contributed by atoms with Crippen LogP contribution in [0.25, 0.3) is 0 Å². The maximum Gasteiger partial charge on any atom is 0.359 e. The fourth-order valence-electron chi connectivity index (χ4n) is 1.64. The highest BCUT2D eigenvalue weighted by Gasteiger charge is 2.07. The molecule has 0 spiro atoms. The zero-order chi connectivity index (χ0) is 13.3. The molecule has 0 bridgehead atoms. The Balaban J connectivity index is 1.54. The molecule has 0 aliphatic rings. The van der Waals surface area contributed by atoms with Gasteiger partial charge in [0.25, 0.3) is 0 Å². The molecule has 1 heterocycles. The van der Waals surface area contributed by atoms with Gasteiger partial charge in [0.15, 0.2) is 5.69 Å². The van der Waals surface area contributed by atoms with Gasteiger partial charge in [-0.1, -0.05) is 30.3 Å². The van der Waals surface area contributed by atoms with Gasteiger partial charge in [-0.2, -0.15) is 0 Å². The molecule has 0 amide bonds. The molecule has 2 rings (SSSR count). The molecule has 1 aromatic heterocycles. The number of carbonyl (C=O) groups excluding carboxylic acids is 1. The number of esters is 1. The van der Waals surface area contributed by atoms with Gasteiger partial charge in [-0.25, -0.2) is 9.78 Å². The van der Waals surface area contributed by atoms with Crippen molar-refractivity contribution in [2.45, 2.75) is 12.8 Å². The molecule has 0 fully saturated rings. The minimum absolute atomic E-state index is 0.227. The van der Waals surface area contributed by atoms with Gasteiger partial charge in [0.05, 0.1) is 5.51 Å². The van der Waals surface area contributed by atoms with Crippen molar-refractivity contribution in [3.8, 4) is 0 Å². The SMILES string of the molecule is O=C(OCNCCCc1ccccc1)c1cscn1. The monoisotopic (exact) mass is 276 g/mol. The summed E-state index contributed by atoms with van der Waals surface area (Å²) in [7, 11) is 0. The highest BCUT2D eigenvalue weighted by Crippen LogP contribution is 2.03. The van der Waals surface area contributed by atoms with E-state index in [2.05, 4.69) is 22.4 Å². The lowest BCUT2D eigenvalue weighted by Crippen LogP contribution is -2.22. The predicted octanol–water partition coefficient (Wildman–Crippen LogP) is 2.48. The van der Waals surface area contributed by atoms with Crippen molar-refractivity contribution in [1.29, 1.82) is 0 Å². The summed E-state index contributed by atoms with van der Waals surface area (Å²) in [5.74, 6) is -0.378. The molecular weight excluding hydrogens is 260 g/mol. The number of ether oxygens (including phenoxy) is 1. The Morgan fingerprint density at radius 3 is 2.89 bits per heavy atom. The Bertz CT molecular complexity index is 485. The summed E-state index contributed by atoms with van der Waals surface area (Å²) in [6, 6.07) is 10.3. The van der Waals surface area contributed by atoms with E-state index in [9.17, 15) is 4.79 Å². The second-order valence-corrected chi connectivity index (χ2v) is 4.76. The minimum atomic E-state index is -0.378. The van der Waals surface area contributed by atoms with Gasteiger partial charge in [-0.3, -0.25) is 5.32 Å². The maximum atomic E-state index is 11.4. The summed E-state index contributed by atoms with van der Waals surface area (Å²) in [4.78, 5) is 15.3. The summed E-state index contributed by atoms with van der Waals surface area (Å²) < 4.78 is 5.03. The third kappa shape index (κ3) is 4.81. The third-order valence-corrected chi connectivity index (χ3v) is 3.20. The largest absolute Gasteiger partial charge is 0.445 e. The highest BCUT2D eigenvalue weighted by atomic mass is 32.1. The van der Waals surface area contributed by atoms with Crippen LogP contribution in [-0.4, -0.2) is 24.2 Å². The molecule has 0 radical (unpaired) electrons. The van der Waals surface area contributed by atoms with Gasteiger partial charge in [-0.15, -0.1) is 11.3 Å². The van der Waals surface area contributed by atoms with Crippen LogP contribution in [0, 0.1) is 0 Å². The van der Waals surface area contributed by atoms with Crippen molar-refractivity contribution in [1.82, 2.24) is 10.3 Å². The molecule has 1 N–H and O–H groups in total. The first-order chi connectivity index (χ1) is 9.36. The van der Waals surface area contributed by atoms with E-state index in [1.165, 1.54) is 16.9 Å². The molecule has 0 aliphatic heterocycles. The normalized spacial score (nSPS) is 10.3. The van der Waals surface area contributed by atoms with E-state index in [4.69, 9.17) is 4.74 Å². The smallest absolute Gasteiger partial charge is 0.359 e. The average molecular weight is 276 g/mol. The predicted molar refractivity (Wildman–Crippen MR) is 75.2 cm³/mol. The van der Waals surface area contributed by atoms with Gasteiger partial charge < -0.3 is 4.74 Å². The number of hydrogen-bond donors (Lipinski definition) is 1. The van der Waals surface area contributed by atoms with Crippen LogP contribution in [0.1, 0.15) is 22.5 Å². The molecule has 0 aliphatic carbocycles. The number of hydrogen-bond acceptors (Lipinski definition) is 5. The van der Waals surface area contributed by atoms with Crippen LogP contribution >= 0.6 is 11.3 Å². The lowest BCUT2D eigenvalue weighted by atomic mass is 10.1. The molecule has 5 heteroatoms. The number of nitrogens with one attached hydrogen (secondary N) is 1.